The molecule has 0 fully saturated rings. The van der Waals surface area contributed by atoms with Crippen molar-refractivity contribution in [3.05, 3.63) is 53.6 Å². The molecule has 0 amide bonds. The Morgan fingerprint density at radius 2 is 1.80 bits per heavy atom. The van der Waals surface area contributed by atoms with Crippen LogP contribution in [0.1, 0.15) is 17.2 Å². The smallest absolute Gasteiger partial charge is 0.416 e. The molecular weight excluding hydrogens is 267 g/mol. The van der Waals surface area contributed by atoms with Crippen molar-refractivity contribution in [1.29, 1.82) is 5.26 Å². The van der Waals surface area contributed by atoms with Crippen molar-refractivity contribution >= 4 is 0 Å². The van der Waals surface area contributed by atoms with Gasteiger partial charge in [0.2, 0.25) is 6.10 Å². The van der Waals surface area contributed by atoms with Gasteiger partial charge in [0.15, 0.2) is 0 Å². The Bertz CT molecular complexity index is 716. The van der Waals surface area contributed by atoms with Crippen molar-refractivity contribution in [2.24, 2.45) is 0 Å². The van der Waals surface area contributed by atoms with E-state index in [1.54, 1.807) is 24.3 Å². The third-order valence-electron chi connectivity index (χ3n) is 3.20. The van der Waals surface area contributed by atoms with E-state index in [0.29, 0.717) is 22.4 Å². The van der Waals surface area contributed by atoms with Gasteiger partial charge >= 0.3 is 6.18 Å². The first-order valence-electron chi connectivity index (χ1n) is 5.87. The summed E-state index contributed by atoms with van der Waals surface area (Å²) in [5, 5.41) is 9.09. The number of nitriles is 1. The largest absolute Gasteiger partial charge is 0.470 e. The zero-order valence-corrected chi connectivity index (χ0v) is 10.1. The molecular formula is C15H8F3NO. The molecule has 0 aromatic heterocycles. The van der Waals surface area contributed by atoms with E-state index in [1.807, 2.05) is 6.07 Å². The highest BCUT2D eigenvalue weighted by Crippen LogP contribution is 2.44. The number of hydrogen-bond acceptors (Lipinski definition) is 2. The normalized spacial score (nSPS) is 16.6. The van der Waals surface area contributed by atoms with Gasteiger partial charge in [-0.1, -0.05) is 24.3 Å². The van der Waals surface area contributed by atoms with E-state index in [-0.39, 0.29) is 0 Å². The SMILES string of the molecule is N#CC1Oc2ccc(C(F)(F)F)cc2-c2ccccc21. The molecule has 5 heteroatoms. The lowest BCUT2D eigenvalue weighted by Crippen LogP contribution is -2.13. The summed E-state index contributed by atoms with van der Waals surface area (Å²) in [7, 11) is 0. The highest BCUT2D eigenvalue weighted by atomic mass is 19.4. The van der Waals surface area contributed by atoms with Gasteiger partial charge in [-0.2, -0.15) is 18.4 Å². The molecule has 2 aromatic carbocycles. The molecule has 0 aliphatic carbocycles. The van der Waals surface area contributed by atoms with Crippen LogP contribution in [0.15, 0.2) is 42.5 Å². The average Bonchev–Trinajstić information content (AvgIpc) is 2.45. The highest BCUT2D eigenvalue weighted by Gasteiger charge is 2.33. The predicted octanol–water partition coefficient (Wildman–Crippen LogP) is 4.33. The predicted molar refractivity (Wildman–Crippen MR) is 65.9 cm³/mol. The van der Waals surface area contributed by atoms with Crippen LogP contribution in [0.2, 0.25) is 0 Å². The van der Waals surface area contributed by atoms with Crippen LogP contribution in [-0.4, -0.2) is 0 Å². The lowest BCUT2D eigenvalue weighted by atomic mass is 9.92. The summed E-state index contributed by atoms with van der Waals surface area (Å²) in [5.74, 6) is 0.295. The van der Waals surface area contributed by atoms with Gasteiger partial charge in [0.1, 0.15) is 11.8 Å². The van der Waals surface area contributed by atoms with Crippen LogP contribution >= 0.6 is 0 Å². The second-order valence-electron chi connectivity index (χ2n) is 4.42. The fraction of sp³-hybridized carbons (Fsp3) is 0.133. The lowest BCUT2D eigenvalue weighted by molar-refractivity contribution is -0.137. The monoisotopic (exact) mass is 275 g/mol. The Balaban J connectivity index is 2.22. The van der Waals surface area contributed by atoms with E-state index in [2.05, 4.69) is 0 Å². The molecule has 2 aromatic rings. The number of fused-ring (bicyclic) bond motifs is 3. The summed E-state index contributed by atoms with van der Waals surface area (Å²) in [5.41, 5.74) is 0.820. The van der Waals surface area contributed by atoms with Gasteiger partial charge in [-0.15, -0.1) is 0 Å². The minimum Gasteiger partial charge on any atom is -0.470 e. The van der Waals surface area contributed by atoms with Crippen molar-refractivity contribution in [2.75, 3.05) is 0 Å². The Hall–Kier alpha value is -2.48. The Labute approximate surface area is 113 Å². The van der Waals surface area contributed by atoms with Crippen LogP contribution in [0.25, 0.3) is 11.1 Å². The van der Waals surface area contributed by atoms with Crippen molar-refractivity contribution in [2.45, 2.75) is 12.3 Å². The van der Waals surface area contributed by atoms with E-state index in [1.165, 1.54) is 6.07 Å². The number of rotatable bonds is 0. The molecule has 2 nitrogen and oxygen atoms in total. The van der Waals surface area contributed by atoms with Crippen LogP contribution in [-0.2, 0) is 6.18 Å². The summed E-state index contributed by atoms with van der Waals surface area (Å²) < 4.78 is 43.8. The van der Waals surface area contributed by atoms with Crippen LogP contribution in [0.5, 0.6) is 5.75 Å². The van der Waals surface area contributed by atoms with Crippen LogP contribution in [0.4, 0.5) is 13.2 Å². The molecule has 0 N–H and O–H groups in total. The number of nitrogens with zero attached hydrogens (tertiary/aromatic N) is 1. The van der Waals surface area contributed by atoms with E-state index in [0.717, 1.165) is 12.1 Å². The first kappa shape index (κ1) is 12.5. The molecule has 0 bridgehead atoms. The maximum absolute atomic E-state index is 12.8. The van der Waals surface area contributed by atoms with E-state index < -0.39 is 17.8 Å². The maximum Gasteiger partial charge on any atom is 0.416 e. The van der Waals surface area contributed by atoms with E-state index in [4.69, 9.17) is 10.00 Å². The fourth-order valence-corrected chi connectivity index (χ4v) is 2.28. The molecule has 100 valence electrons. The van der Waals surface area contributed by atoms with Crippen molar-refractivity contribution in [3.63, 3.8) is 0 Å². The molecule has 1 aliphatic rings. The van der Waals surface area contributed by atoms with Gasteiger partial charge in [0.25, 0.3) is 0 Å². The van der Waals surface area contributed by atoms with Crippen LogP contribution < -0.4 is 4.74 Å². The molecule has 20 heavy (non-hydrogen) atoms. The van der Waals surface area contributed by atoms with Crippen molar-refractivity contribution in [1.82, 2.24) is 0 Å². The summed E-state index contributed by atoms with van der Waals surface area (Å²) in [6, 6.07) is 12.1. The topological polar surface area (TPSA) is 33.0 Å². The first-order valence-corrected chi connectivity index (χ1v) is 5.87. The van der Waals surface area contributed by atoms with E-state index in [9.17, 15) is 13.2 Å². The molecule has 0 saturated heterocycles. The van der Waals surface area contributed by atoms with Gasteiger partial charge < -0.3 is 4.74 Å². The highest BCUT2D eigenvalue weighted by molar-refractivity contribution is 5.77. The second kappa shape index (κ2) is 4.27. The molecule has 3 rings (SSSR count). The van der Waals surface area contributed by atoms with Gasteiger partial charge in [-0.25, -0.2) is 0 Å². The number of ether oxygens (including phenoxy) is 1. The quantitative estimate of drug-likeness (QED) is 0.717. The lowest BCUT2D eigenvalue weighted by Gasteiger charge is -2.25. The zero-order chi connectivity index (χ0) is 14.3. The molecule has 0 saturated carbocycles. The Kier molecular flexibility index (Phi) is 2.68. The van der Waals surface area contributed by atoms with Crippen molar-refractivity contribution < 1.29 is 17.9 Å². The molecule has 0 spiro atoms. The minimum atomic E-state index is -4.41. The van der Waals surface area contributed by atoms with Crippen molar-refractivity contribution in [3.8, 4) is 22.9 Å². The van der Waals surface area contributed by atoms with Gasteiger partial charge in [0, 0.05) is 11.1 Å². The maximum atomic E-state index is 12.8. The summed E-state index contributed by atoms with van der Waals surface area (Å²) in [6.07, 6.45) is -5.20. The number of benzene rings is 2. The number of alkyl halides is 3. The molecule has 1 heterocycles. The van der Waals surface area contributed by atoms with E-state index >= 15 is 0 Å². The summed E-state index contributed by atoms with van der Waals surface area (Å²) in [6.45, 7) is 0. The number of halogens is 3. The summed E-state index contributed by atoms with van der Waals surface area (Å²) in [4.78, 5) is 0. The molecule has 1 unspecified atom stereocenters. The minimum absolute atomic E-state index is 0.295. The standard InChI is InChI=1S/C15H8F3NO/c16-15(17,18)9-5-6-13-12(7-9)10-3-1-2-4-11(10)14(8-19)20-13/h1-7,14H. The molecule has 0 radical (unpaired) electrons. The molecule has 1 aliphatic heterocycles. The van der Waals surface area contributed by atoms with Gasteiger partial charge in [-0.3, -0.25) is 0 Å². The number of hydrogen-bond donors (Lipinski definition) is 0. The average molecular weight is 275 g/mol. The second-order valence-corrected chi connectivity index (χ2v) is 4.42. The van der Waals surface area contributed by atoms with Gasteiger partial charge in [0.05, 0.1) is 5.56 Å². The first-order chi connectivity index (χ1) is 9.50. The van der Waals surface area contributed by atoms with Crippen LogP contribution in [0.3, 0.4) is 0 Å². The fourth-order valence-electron chi connectivity index (χ4n) is 2.28. The zero-order valence-electron chi connectivity index (χ0n) is 10.1. The van der Waals surface area contributed by atoms with Crippen LogP contribution in [0, 0.1) is 11.3 Å². The van der Waals surface area contributed by atoms with Gasteiger partial charge in [-0.05, 0) is 23.8 Å². The Morgan fingerprint density at radius 1 is 1.05 bits per heavy atom. The third-order valence-corrected chi connectivity index (χ3v) is 3.20. The Morgan fingerprint density at radius 3 is 2.50 bits per heavy atom. The summed E-state index contributed by atoms with van der Waals surface area (Å²) >= 11 is 0. The molecule has 1 atom stereocenters. The third kappa shape index (κ3) is 1.90.